The fraction of sp³-hybridized carbons (Fsp3) is 0. The van der Waals surface area contributed by atoms with Crippen molar-refractivity contribution in [3.05, 3.63) is 64.4 Å². The highest BCUT2D eigenvalue weighted by atomic mass is 35.5. The van der Waals surface area contributed by atoms with E-state index >= 15 is 0 Å². The van der Waals surface area contributed by atoms with E-state index in [-0.39, 0.29) is 16.5 Å². The summed E-state index contributed by atoms with van der Waals surface area (Å²) < 4.78 is 10.9. The molecule has 0 atom stereocenters. The number of aromatic nitrogens is 4. The van der Waals surface area contributed by atoms with E-state index in [2.05, 4.69) is 15.1 Å². The fourth-order valence-electron chi connectivity index (χ4n) is 2.57. The van der Waals surface area contributed by atoms with Crippen LogP contribution in [0.15, 0.2) is 57.8 Å². The zero-order valence-electron chi connectivity index (χ0n) is 13.5. The van der Waals surface area contributed by atoms with E-state index in [0.717, 1.165) is 4.91 Å². The van der Waals surface area contributed by atoms with E-state index in [4.69, 9.17) is 38.1 Å². The van der Waals surface area contributed by atoms with Gasteiger partial charge in [0.15, 0.2) is 0 Å². The molecule has 0 unspecified atom stereocenters. The number of hydrogen-bond donors (Lipinski definition) is 2. The monoisotopic (exact) mass is 403 g/mol. The third-order valence-electron chi connectivity index (χ3n) is 3.76. The molecule has 4 aromatic rings. The number of nitrogens with zero attached hydrogens (tertiary/aromatic N) is 3. The minimum Gasteiger partial charge on any atom is -0.366 e. The summed E-state index contributed by atoms with van der Waals surface area (Å²) in [5, 5.41) is 3.05. The van der Waals surface area contributed by atoms with Crippen molar-refractivity contribution < 1.29 is 13.9 Å². The maximum atomic E-state index is 11.7. The SMILES string of the molecule is NC(=O)c1ccccc1-c1cccc(-n2o[nH]c3nc(Cl)cnc3o2)c1Cl. The lowest BCUT2D eigenvalue weighted by Gasteiger charge is -2.12. The molecule has 1 amide bonds. The lowest BCUT2D eigenvalue weighted by molar-refractivity contribution is 0.0714. The van der Waals surface area contributed by atoms with Crippen LogP contribution in [0.2, 0.25) is 10.2 Å². The second-order valence-electron chi connectivity index (χ2n) is 5.44. The predicted octanol–water partition coefficient (Wildman–Crippen LogP) is 4.13. The standard InChI is InChI=1S/C17H11Cl2N5O3/c18-13-8-21-17-16(22-13)23-27-24(26-17)12-7-3-6-10(14(12)19)9-4-1-2-5-11(9)15(20)25/h1-8H,(H2,20,25)(H,22,23). The molecule has 0 saturated heterocycles. The first-order valence-corrected chi connectivity index (χ1v) is 8.41. The summed E-state index contributed by atoms with van der Waals surface area (Å²) in [6.45, 7) is 0. The van der Waals surface area contributed by atoms with E-state index in [0.29, 0.717) is 27.4 Å². The van der Waals surface area contributed by atoms with Crippen molar-refractivity contribution in [3.63, 3.8) is 0 Å². The number of amides is 1. The quantitative estimate of drug-likeness (QED) is 0.533. The van der Waals surface area contributed by atoms with E-state index in [9.17, 15) is 4.79 Å². The normalized spacial score (nSPS) is 10.9. The van der Waals surface area contributed by atoms with E-state index < -0.39 is 5.91 Å². The molecule has 0 aliphatic carbocycles. The number of H-pyrrole nitrogens is 1. The molecular weight excluding hydrogens is 393 g/mol. The molecule has 0 spiro atoms. The van der Waals surface area contributed by atoms with Gasteiger partial charge in [0.05, 0.1) is 11.2 Å². The number of benzene rings is 2. The van der Waals surface area contributed by atoms with Crippen LogP contribution < -0.4 is 5.73 Å². The van der Waals surface area contributed by atoms with Crippen LogP contribution >= 0.6 is 23.2 Å². The van der Waals surface area contributed by atoms with Gasteiger partial charge in [-0.25, -0.2) is 9.97 Å². The highest BCUT2D eigenvalue weighted by Gasteiger charge is 2.17. The Hall–Kier alpha value is -3.23. The van der Waals surface area contributed by atoms with Crippen molar-refractivity contribution in [2.75, 3.05) is 0 Å². The summed E-state index contributed by atoms with van der Waals surface area (Å²) in [5.74, 6) is -0.555. The van der Waals surface area contributed by atoms with Gasteiger partial charge in [-0.15, -0.1) is 0 Å². The Labute approximate surface area is 161 Å². The number of carbonyl (C=O) groups excluding carboxylic acids is 1. The molecule has 10 heteroatoms. The molecule has 136 valence electrons. The molecule has 27 heavy (non-hydrogen) atoms. The van der Waals surface area contributed by atoms with Gasteiger partial charge in [0.2, 0.25) is 11.6 Å². The van der Waals surface area contributed by atoms with Crippen molar-refractivity contribution in [1.29, 1.82) is 0 Å². The average molecular weight is 404 g/mol. The van der Waals surface area contributed by atoms with Crippen LogP contribution in [0.5, 0.6) is 0 Å². The first-order valence-electron chi connectivity index (χ1n) is 7.66. The van der Waals surface area contributed by atoms with Crippen LogP contribution in [0.3, 0.4) is 0 Å². The Balaban J connectivity index is 1.88. The van der Waals surface area contributed by atoms with Gasteiger partial charge in [0, 0.05) is 11.1 Å². The summed E-state index contributed by atoms with van der Waals surface area (Å²) in [4.78, 5) is 20.8. The predicted molar refractivity (Wildman–Crippen MR) is 99.3 cm³/mol. The molecule has 8 nitrogen and oxygen atoms in total. The minimum atomic E-state index is -0.555. The number of carbonyl (C=O) groups is 1. The Morgan fingerprint density at radius 1 is 1.11 bits per heavy atom. The van der Waals surface area contributed by atoms with Gasteiger partial charge in [0.25, 0.3) is 5.71 Å². The van der Waals surface area contributed by atoms with E-state index in [1.807, 2.05) is 0 Å². The largest absolute Gasteiger partial charge is 0.366 e. The maximum Gasteiger partial charge on any atom is 0.296 e. The van der Waals surface area contributed by atoms with Crippen LogP contribution in [0.4, 0.5) is 0 Å². The number of rotatable bonds is 3. The molecule has 2 aromatic heterocycles. The molecule has 0 bridgehead atoms. The molecule has 2 aromatic carbocycles. The Morgan fingerprint density at radius 2 is 1.89 bits per heavy atom. The highest BCUT2D eigenvalue weighted by molar-refractivity contribution is 6.35. The highest BCUT2D eigenvalue weighted by Crippen LogP contribution is 2.34. The molecule has 4 rings (SSSR count). The summed E-state index contributed by atoms with van der Waals surface area (Å²) in [5.41, 5.74) is 7.76. The Kier molecular flexibility index (Phi) is 4.35. The molecule has 3 N–H and O–H groups in total. The average Bonchev–Trinajstić information content (AvgIpc) is 2.68. The van der Waals surface area contributed by atoms with Crippen molar-refractivity contribution in [3.8, 4) is 16.8 Å². The molecule has 0 aliphatic heterocycles. The number of aromatic amines is 1. The number of fused-ring (bicyclic) bond motifs is 1. The zero-order valence-corrected chi connectivity index (χ0v) is 15.0. The van der Waals surface area contributed by atoms with Crippen LogP contribution in [-0.2, 0) is 0 Å². The van der Waals surface area contributed by atoms with E-state index in [1.54, 1.807) is 42.5 Å². The summed E-state index contributed by atoms with van der Waals surface area (Å²) in [6.07, 6.45) is 1.34. The van der Waals surface area contributed by atoms with Gasteiger partial charge in [-0.05, 0) is 22.6 Å². The van der Waals surface area contributed by atoms with Crippen molar-refractivity contribution in [2.45, 2.75) is 0 Å². The lowest BCUT2D eigenvalue weighted by atomic mass is 9.99. The van der Waals surface area contributed by atoms with Crippen LogP contribution in [-0.4, -0.2) is 25.9 Å². The van der Waals surface area contributed by atoms with Crippen LogP contribution in [0.1, 0.15) is 10.4 Å². The minimum absolute atomic E-state index is 0.157. The lowest BCUT2D eigenvalue weighted by Crippen LogP contribution is -2.12. The molecule has 0 saturated carbocycles. The Morgan fingerprint density at radius 3 is 2.70 bits per heavy atom. The molecule has 0 radical (unpaired) electrons. The van der Waals surface area contributed by atoms with Gasteiger partial charge in [0.1, 0.15) is 10.8 Å². The third-order valence-corrected chi connectivity index (χ3v) is 4.34. The van der Waals surface area contributed by atoms with Gasteiger partial charge in [-0.1, -0.05) is 53.5 Å². The van der Waals surface area contributed by atoms with Crippen LogP contribution in [0.25, 0.3) is 28.2 Å². The molecule has 0 fully saturated rings. The van der Waals surface area contributed by atoms with Crippen LogP contribution in [0, 0.1) is 0 Å². The number of halogens is 2. The topological polar surface area (TPSA) is 116 Å². The second kappa shape index (κ2) is 6.82. The summed E-state index contributed by atoms with van der Waals surface area (Å²) >= 11 is 12.4. The number of hydrogen-bond acceptors (Lipinski definition) is 5. The van der Waals surface area contributed by atoms with Gasteiger partial charge < -0.3 is 10.3 Å². The van der Waals surface area contributed by atoms with Crippen molar-refractivity contribution >= 4 is 40.5 Å². The van der Waals surface area contributed by atoms with Gasteiger partial charge >= 0.3 is 0 Å². The molecule has 2 heterocycles. The second-order valence-corrected chi connectivity index (χ2v) is 6.20. The van der Waals surface area contributed by atoms with Crippen molar-refractivity contribution in [2.24, 2.45) is 5.73 Å². The molecule has 0 aliphatic rings. The number of nitrogens with two attached hydrogens (primary N) is 1. The van der Waals surface area contributed by atoms with Gasteiger partial charge in [-0.2, -0.15) is 5.16 Å². The maximum absolute atomic E-state index is 11.7. The van der Waals surface area contributed by atoms with Gasteiger partial charge in [-0.3, -0.25) is 9.42 Å². The summed E-state index contributed by atoms with van der Waals surface area (Å²) in [7, 11) is 0. The first kappa shape index (κ1) is 17.2. The van der Waals surface area contributed by atoms with E-state index in [1.165, 1.54) is 6.20 Å². The number of nitrogens with one attached hydrogen (secondary N) is 1. The smallest absolute Gasteiger partial charge is 0.296 e. The summed E-state index contributed by atoms with van der Waals surface area (Å²) in [6, 6.07) is 12.1. The zero-order chi connectivity index (χ0) is 19.0. The fourth-order valence-corrected chi connectivity index (χ4v) is 3.00. The molecular formula is C17H11Cl2N5O3. The first-order chi connectivity index (χ1) is 13.0. The van der Waals surface area contributed by atoms with Crippen molar-refractivity contribution in [1.82, 2.24) is 20.0 Å². The third kappa shape index (κ3) is 3.16. The Bertz CT molecular complexity index is 1200. The number of primary amides is 1.